The molecule has 0 bridgehead atoms. The van der Waals surface area contributed by atoms with Gasteiger partial charge in [0.05, 0.1) is 0 Å². The lowest BCUT2D eigenvalue weighted by Gasteiger charge is -2.10. The zero-order valence-corrected chi connectivity index (χ0v) is 8.94. The molecule has 0 aromatic carbocycles. The Morgan fingerprint density at radius 3 is 3.07 bits per heavy atom. The molecule has 0 amide bonds. The van der Waals surface area contributed by atoms with Gasteiger partial charge in [-0.3, -0.25) is 0 Å². The SMILES string of the molecule is Cc1cc(NCC(C)N)n2ncnc2c1. The third-order valence-corrected chi connectivity index (χ3v) is 2.13. The Bertz CT molecular complexity index is 460. The summed E-state index contributed by atoms with van der Waals surface area (Å²) >= 11 is 0. The van der Waals surface area contributed by atoms with E-state index in [-0.39, 0.29) is 6.04 Å². The van der Waals surface area contributed by atoms with Crippen molar-refractivity contribution >= 4 is 11.5 Å². The van der Waals surface area contributed by atoms with Crippen molar-refractivity contribution in [3.05, 3.63) is 24.0 Å². The van der Waals surface area contributed by atoms with Gasteiger partial charge < -0.3 is 11.1 Å². The van der Waals surface area contributed by atoms with Gasteiger partial charge in [-0.2, -0.15) is 9.61 Å². The number of pyridine rings is 1. The third kappa shape index (κ3) is 2.07. The van der Waals surface area contributed by atoms with Crippen LogP contribution < -0.4 is 11.1 Å². The number of hydrogen-bond acceptors (Lipinski definition) is 4. The zero-order valence-electron chi connectivity index (χ0n) is 8.94. The predicted octanol–water partition coefficient (Wildman–Crippen LogP) is 0.797. The maximum Gasteiger partial charge on any atom is 0.157 e. The Hall–Kier alpha value is -1.62. The second kappa shape index (κ2) is 3.86. The van der Waals surface area contributed by atoms with Crippen molar-refractivity contribution in [3.8, 4) is 0 Å². The number of anilines is 1. The highest BCUT2D eigenvalue weighted by Crippen LogP contribution is 2.12. The van der Waals surface area contributed by atoms with Crippen molar-refractivity contribution in [1.82, 2.24) is 14.6 Å². The normalized spacial score (nSPS) is 13.0. The van der Waals surface area contributed by atoms with E-state index in [4.69, 9.17) is 5.73 Å². The van der Waals surface area contributed by atoms with Crippen molar-refractivity contribution in [2.45, 2.75) is 19.9 Å². The van der Waals surface area contributed by atoms with E-state index in [0.717, 1.165) is 23.6 Å². The van der Waals surface area contributed by atoms with Gasteiger partial charge in [-0.05, 0) is 31.5 Å². The molecule has 5 nitrogen and oxygen atoms in total. The van der Waals surface area contributed by atoms with Crippen LogP contribution in [0.3, 0.4) is 0 Å². The van der Waals surface area contributed by atoms with E-state index in [0.29, 0.717) is 0 Å². The highest BCUT2D eigenvalue weighted by Gasteiger charge is 2.03. The quantitative estimate of drug-likeness (QED) is 0.777. The molecule has 0 fully saturated rings. The molecule has 3 N–H and O–H groups in total. The number of aromatic nitrogens is 3. The number of nitrogens with zero attached hydrogens (tertiary/aromatic N) is 3. The topological polar surface area (TPSA) is 68.2 Å². The van der Waals surface area contributed by atoms with Gasteiger partial charge in [0, 0.05) is 12.6 Å². The molecule has 1 unspecified atom stereocenters. The molecule has 0 aliphatic carbocycles. The van der Waals surface area contributed by atoms with Crippen LogP contribution in [-0.2, 0) is 0 Å². The molecule has 0 radical (unpaired) electrons. The van der Waals surface area contributed by atoms with Crippen molar-refractivity contribution < 1.29 is 0 Å². The van der Waals surface area contributed by atoms with Gasteiger partial charge in [-0.15, -0.1) is 0 Å². The van der Waals surface area contributed by atoms with Crippen LogP contribution in [0.15, 0.2) is 18.5 Å². The van der Waals surface area contributed by atoms with Crippen LogP contribution in [0.25, 0.3) is 5.65 Å². The number of rotatable bonds is 3. The maximum absolute atomic E-state index is 5.69. The van der Waals surface area contributed by atoms with Crippen LogP contribution in [0.1, 0.15) is 12.5 Å². The zero-order chi connectivity index (χ0) is 10.8. The fourth-order valence-electron chi connectivity index (χ4n) is 1.45. The average Bonchev–Trinajstić information content (AvgIpc) is 2.61. The summed E-state index contributed by atoms with van der Waals surface area (Å²) < 4.78 is 1.77. The summed E-state index contributed by atoms with van der Waals surface area (Å²) in [5.41, 5.74) is 7.69. The van der Waals surface area contributed by atoms with Gasteiger partial charge in [-0.25, -0.2) is 4.98 Å². The molecular weight excluding hydrogens is 190 g/mol. The van der Waals surface area contributed by atoms with E-state index in [1.165, 1.54) is 0 Å². The van der Waals surface area contributed by atoms with Gasteiger partial charge in [0.15, 0.2) is 5.65 Å². The predicted molar refractivity (Wildman–Crippen MR) is 59.9 cm³/mol. The molecule has 2 rings (SSSR count). The van der Waals surface area contributed by atoms with Gasteiger partial charge in [0.2, 0.25) is 0 Å². The Kier molecular flexibility index (Phi) is 2.55. The van der Waals surface area contributed by atoms with E-state index >= 15 is 0 Å². The van der Waals surface area contributed by atoms with Crippen molar-refractivity contribution in [3.63, 3.8) is 0 Å². The fourth-order valence-corrected chi connectivity index (χ4v) is 1.45. The van der Waals surface area contributed by atoms with E-state index < -0.39 is 0 Å². The Labute approximate surface area is 88.3 Å². The first-order valence-electron chi connectivity index (χ1n) is 4.96. The Balaban J connectivity index is 2.35. The molecule has 0 saturated carbocycles. The smallest absolute Gasteiger partial charge is 0.157 e. The minimum absolute atomic E-state index is 0.115. The van der Waals surface area contributed by atoms with Crippen LogP contribution in [-0.4, -0.2) is 27.2 Å². The molecule has 80 valence electrons. The number of aryl methyl sites for hydroxylation is 1. The molecule has 2 aromatic rings. The summed E-state index contributed by atoms with van der Waals surface area (Å²) in [5.74, 6) is 0.930. The fraction of sp³-hybridized carbons (Fsp3) is 0.400. The highest BCUT2D eigenvalue weighted by molar-refractivity contribution is 5.51. The maximum atomic E-state index is 5.69. The first-order chi connectivity index (χ1) is 7.16. The molecule has 5 heteroatoms. The summed E-state index contributed by atoms with van der Waals surface area (Å²) in [7, 11) is 0. The van der Waals surface area contributed by atoms with Crippen molar-refractivity contribution in [2.75, 3.05) is 11.9 Å². The minimum atomic E-state index is 0.115. The lowest BCUT2D eigenvalue weighted by atomic mass is 10.3. The molecule has 1 atom stereocenters. The molecular formula is C10H15N5. The first-order valence-corrected chi connectivity index (χ1v) is 4.96. The summed E-state index contributed by atoms with van der Waals surface area (Å²) in [5, 5.41) is 7.39. The van der Waals surface area contributed by atoms with Crippen LogP contribution in [0, 0.1) is 6.92 Å². The second-order valence-electron chi connectivity index (χ2n) is 3.81. The van der Waals surface area contributed by atoms with Crippen LogP contribution in [0.4, 0.5) is 5.82 Å². The lowest BCUT2D eigenvalue weighted by molar-refractivity contribution is 0.771. The Morgan fingerprint density at radius 2 is 2.33 bits per heavy atom. The molecule has 0 aliphatic heterocycles. The minimum Gasteiger partial charge on any atom is -0.368 e. The average molecular weight is 205 g/mol. The van der Waals surface area contributed by atoms with Gasteiger partial charge >= 0.3 is 0 Å². The lowest BCUT2D eigenvalue weighted by Crippen LogP contribution is -2.26. The molecule has 0 spiro atoms. The van der Waals surface area contributed by atoms with Crippen LogP contribution in [0.5, 0.6) is 0 Å². The molecule has 2 aromatic heterocycles. The van der Waals surface area contributed by atoms with Gasteiger partial charge in [-0.1, -0.05) is 0 Å². The number of nitrogens with one attached hydrogen (secondary N) is 1. The molecule has 0 aliphatic rings. The highest BCUT2D eigenvalue weighted by atomic mass is 15.3. The number of hydrogen-bond donors (Lipinski definition) is 2. The standard InChI is InChI=1S/C10H15N5/c1-7-3-9(12-5-8(2)11)15-10(4-7)13-6-14-15/h3-4,6,8,12H,5,11H2,1-2H3. The second-order valence-corrected chi connectivity index (χ2v) is 3.81. The summed E-state index contributed by atoms with van der Waals surface area (Å²) in [6.45, 7) is 4.71. The van der Waals surface area contributed by atoms with E-state index in [1.54, 1.807) is 10.8 Å². The van der Waals surface area contributed by atoms with Crippen molar-refractivity contribution in [2.24, 2.45) is 5.73 Å². The molecule has 0 saturated heterocycles. The van der Waals surface area contributed by atoms with E-state index in [1.807, 2.05) is 26.0 Å². The third-order valence-electron chi connectivity index (χ3n) is 2.13. The van der Waals surface area contributed by atoms with Crippen LogP contribution in [0.2, 0.25) is 0 Å². The van der Waals surface area contributed by atoms with E-state index in [2.05, 4.69) is 15.4 Å². The van der Waals surface area contributed by atoms with Crippen molar-refractivity contribution in [1.29, 1.82) is 0 Å². The Morgan fingerprint density at radius 1 is 1.53 bits per heavy atom. The molecule has 15 heavy (non-hydrogen) atoms. The molecule has 2 heterocycles. The number of fused-ring (bicyclic) bond motifs is 1. The largest absolute Gasteiger partial charge is 0.368 e. The van der Waals surface area contributed by atoms with Gasteiger partial charge in [0.25, 0.3) is 0 Å². The number of nitrogens with two attached hydrogens (primary N) is 1. The first kappa shape index (κ1) is 9.92. The summed E-state index contributed by atoms with van der Waals surface area (Å²) in [6.07, 6.45) is 1.55. The summed E-state index contributed by atoms with van der Waals surface area (Å²) in [6, 6.07) is 4.14. The summed E-state index contributed by atoms with van der Waals surface area (Å²) in [4.78, 5) is 4.15. The monoisotopic (exact) mass is 205 g/mol. The van der Waals surface area contributed by atoms with E-state index in [9.17, 15) is 0 Å². The van der Waals surface area contributed by atoms with Gasteiger partial charge in [0.1, 0.15) is 12.1 Å². The van der Waals surface area contributed by atoms with Crippen LogP contribution >= 0.6 is 0 Å².